The molecule has 0 heterocycles. The Labute approximate surface area is 162 Å². The highest BCUT2D eigenvalue weighted by Crippen LogP contribution is 2.23. The fourth-order valence-electron chi connectivity index (χ4n) is 2.90. The van der Waals surface area contributed by atoms with Crippen molar-refractivity contribution in [3.8, 4) is 16.9 Å². The Morgan fingerprint density at radius 2 is 1.48 bits per heavy atom. The van der Waals surface area contributed by atoms with Gasteiger partial charge in [-0.2, -0.15) is 0 Å². The zero-order valence-electron chi connectivity index (χ0n) is 16.2. The minimum atomic E-state index is -0.154. The molecule has 0 atom stereocenters. The summed E-state index contributed by atoms with van der Waals surface area (Å²) >= 11 is 0. The van der Waals surface area contributed by atoms with Crippen LogP contribution < -0.4 is 4.74 Å². The molecule has 0 aliphatic heterocycles. The van der Waals surface area contributed by atoms with Crippen LogP contribution in [0.15, 0.2) is 48.5 Å². The van der Waals surface area contributed by atoms with Gasteiger partial charge in [0.15, 0.2) is 0 Å². The van der Waals surface area contributed by atoms with Crippen molar-refractivity contribution in [3.05, 3.63) is 54.1 Å². The minimum Gasteiger partial charge on any atom is -0.494 e. The van der Waals surface area contributed by atoms with E-state index in [-0.39, 0.29) is 12.6 Å². The number of hydrogen-bond donors (Lipinski definition) is 1. The average molecular weight is 370 g/mol. The monoisotopic (exact) mass is 370 g/mol. The summed E-state index contributed by atoms with van der Waals surface area (Å²) in [6, 6.07) is 16.6. The number of aryl methyl sites for hydroxylation is 1. The molecule has 0 aliphatic rings. The van der Waals surface area contributed by atoms with Gasteiger partial charge in [0.25, 0.3) is 0 Å². The highest BCUT2D eigenvalue weighted by Gasteiger charge is 2.02. The molecule has 0 spiro atoms. The fraction of sp³-hybridized carbons (Fsp3) is 0.435. The van der Waals surface area contributed by atoms with Gasteiger partial charge in [-0.25, -0.2) is 0 Å². The van der Waals surface area contributed by atoms with Crippen molar-refractivity contribution < 1.29 is 19.4 Å². The Morgan fingerprint density at radius 3 is 2.11 bits per heavy atom. The summed E-state index contributed by atoms with van der Waals surface area (Å²) in [5.41, 5.74) is 3.55. The van der Waals surface area contributed by atoms with E-state index in [4.69, 9.17) is 9.84 Å². The van der Waals surface area contributed by atoms with Gasteiger partial charge >= 0.3 is 5.97 Å². The van der Waals surface area contributed by atoms with Crippen LogP contribution in [0.5, 0.6) is 5.75 Å². The molecule has 0 radical (unpaired) electrons. The maximum absolute atomic E-state index is 11.2. The largest absolute Gasteiger partial charge is 0.494 e. The lowest BCUT2D eigenvalue weighted by molar-refractivity contribution is -0.140. The van der Waals surface area contributed by atoms with E-state index in [2.05, 4.69) is 41.1 Å². The van der Waals surface area contributed by atoms with E-state index < -0.39 is 0 Å². The van der Waals surface area contributed by atoms with Gasteiger partial charge in [0, 0.05) is 13.0 Å². The molecule has 0 saturated heterocycles. The topological polar surface area (TPSA) is 55.8 Å². The Morgan fingerprint density at radius 1 is 0.852 bits per heavy atom. The molecule has 146 valence electrons. The lowest BCUT2D eigenvalue weighted by Gasteiger charge is -2.08. The summed E-state index contributed by atoms with van der Waals surface area (Å²) in [4.78, 5) is 11.2. The SMILES string of the molecule is COC(=O)CCCc1ccc(-c2ccc(OCCCCCCO)cc2)cc1. The number of aliphatic hydroxyl groups excluding tert-OH is 1. The molecular weight excluding hydrogens is 340 g/mol. The zero-order valence-corrected chi connectivity index (χ0v) is 16.2. The highest BCUT2D eigenvalue weighted by atomic mass is 16.5. The molecule has 2 aromatic carbocycles. The number of ether oxygens (including phenoxy) is 2. The summed E-state index contributed by atoms with van der Waals surface area (Å²) in [6.45, 7) is 0.988. The van der Waals surface area contributed by atoms with Crippen molar-refractivity contribution in [2.24, 2.45) is 0 Å². The molecule has 0 bridgehead atoms. The van der Waals surface area contributed by atoms with Crippen LogP contribution in [0, 0.1) is 0 Å². The first kappa shape index (κ1) is 21.0. The van der Waals surface area contributed by atoms with Crippen molar-refractivity contribution in [3.63, 3.8) is 0 Å². The molecule has 0 unspecified atom stereocenters. The second kappa shape index (κ2) is 12.1. The maximum Gasteiger partial charge on any atom is 0.305 e. The van der Waals surface area contributed by atoms with Crippen LogP contribution in [0.3, 0.4) is 0 Å². The van der Waals surface area contributed by atoms with Gasteiger partial charge in [0.05, 0.1) is 13.7 Å². The van der Waals surface area contributed by atoms with Crippen molar-refractivity contribution in [1.29, 1.82) is 0 Å². The number of esters is 1. The predicted octanol–water partition coefficient (Wildman–Crippen LogP) is 4.78. The van der Waals surface area contributed by atoms with Crippen molar-refractivity contribution in [2.75, 3.05) is 20.3 Å². The molecular formula is C23H30O4. The molecule has 0 fully saturated rings. The Bertz CT molecular complexity index is 662. The Kier molecular flexibility index (Phi) is 9.42. The zero-order chi connectivity index (χ0) is 19.3. The lowest BCUT2D eigenvalue weighted by atomic mass is 10.0. The average Bonchev–Trinajstić information content (AvgIpc) is 2.71. The van der Waals surface area contributed by atoms with Crippen LogP contribution >= 0.6 is 0 Å². The van der Waals surface area contributed by atoms with E-state index in [1.54, 1.807) is 0 Å². The molecule has 0 saturated carbocycles. The van der Waals surface area contributed by atoms with E-state index in [0.717, 1.165) is 49.8 Å². The predicted molar refractivity (Wildman–Crippen MR) is 108 cm³/mol. The molecule has 2 rings (SSSR count). The minimum absolute atomic E-state index is 0.154. The normalized spacial score (nSPS) is 10.6. The van der Waals surface area contributed by atoms with Gasteiger partial charge in [-0.1, -0.05) is 42.8 Å². The molecule has 2 aromatic rings. The standard InChI is InChI=1S/C23H30O4/c1-26-23(25)8-6-7-19-9-11-20(12-10-19)21-13-15-22(16-14-21)27-18-5-3-2-4-17-24/h9-16,24H,2-8,17-18H2,1H3. The highest BCUT2D eigenvalue weighted by molar-refractivity contribution is 5.69. The van der Waals surface area contributed by atoms with E-state index >= 15 is 0 Å². The Hall–Kier alpha value is -2.33. The van der Waals surface area contributed by atoms with Crippen LogP contribution in [0.1, 0.15) is 44.1 Å². The molecule has 1 N–H and O–H groups in total. The number of aliphatic hydroxyl groups is 1. The third-order valence-electron chi connectivity index (χ3n) is 4.54. The van der Waals surface area contributed by atoms with Crippen LogP contribution in [-0.4, -0.2) is 31.4 Å². The van der Waals surface area contributed by atoms with Gasteiger partial charge in [0.1, 0.15) is 5.75 Å². The smallest absolute Gasteiger partial charge is 0.305 e. The van der Waals surface area contributed by atoms with Crippen LogP contribution in [0.4, 0.5) is 0 Å². The Balaban J connectivity index is 1.78. The van der Waals surface area contributed by atoms with E-state index in [0.29, 0.717) is 13.0 Å². The van der Waals surface area contributed by atoms with Crippen LogP contribution in [0.25, 0.3) is 11.1 Å². The number of carbonyl (C=O) groups is 1. The number of unbranched alkanes of at least 4 members (excludes halogenated alkanes) is 3. The van der Waals surface area contributed by atoms with E-state index in [9.17, 15) is 4.79 Å². The summed E-state index contributed by atoms with van der Waals surface area (Å²) in [5.74, 6) is 0.736. The number of hydrogen-bond acceptors (Lipinski definition) is 4. The van der Waals surface area contributed by atoms with Crippen LogP contribution in [-0.2, 0) is 16.0 Å². The van der Waals surface area contributed by atoms with E-state index in [1.165, 1.54) is 18.2 Å². The summed E-state index contributed by atoms with van der Waals surface area (Å²) in [7, 11) is 1.42. The summed E-state index contributed by atoms with van der Waals surface area (Å²) < 4.78 is 10.4. The van der Waals surface area contributed by atoms with Crippen molar-refractivity contribution in [2.45, 2.75) is 44.9 Å². The number of rotatable bonds is 12. The second-order valence-electron chi connectivity index (χ2n) is 6.64. The summed E-state index contributed by atoms with van der Waals surface area (Å²) in [6.07, 6.45) is 6.17. The van der Waals surface area contributed by atoms with Gasteiger partial charge in [-0.05, 0) is 60.9 Å². The van der Waals surface area contributed by atoms with Crippen LogP contribution in [0.2, 0.25) is 0 Å². The lowest BCUT2D eigenvalue weighted by Crippen LogP contribution is -2.00. The van der Waals surface area contributed by atoms with Gasteiger partial charge < -0.3 is 14.6 Å². The van der Waals surface area contributed by atoms with Crippen molar-refractivity contribution in [1.82, 2.24) is 0 Å². The third kappa shape index (κ3) is 7.83. The molecule has 0 aromatic heterocycles. The van der Waals surface area contributed by atoms with Gasteiger partial charge in [0.2, 0.25) is 0 Å². The van der Waals surface area contributed by atoms with Gasteiger partial charge in [-0.3, -0.25) is 4.79 Å². The maximum atomic E-state index is 11.2. The van der Waals surface area contributed by atoms with E-state index in [1.807, 2.05) is 12.1 Å². The first-order valence-electron chi connectivity index (χ1n) is 9.73. The number of carbonyl (C=O) groups excluding carboxylic acids is 1. The number of methoxy groups -OCH3 is 1. The molecule has 4 heteroatoms. The molecule has 0 amide bonds. The molecule has 4 nitrogen and oxygen atoms in total. The molecule has 0 aliphatic carbocycles. The number of benzene rings is 2. The van der Waals surface area contributed by atoms with Crippen molar-refractivity contribution >= 4 is 5.97 Å². The second-order valence-corrected chi connectivity index (χ2v) is 6.64. The van der Waals surface area contributed by atoms with Gasteiger partial charge in [-0.15, -0.1) is 0 Å². The first-order chi connectivity index (χ1) is 13.2. The molecule has 27 heavy (non-hydrogen) atoms. The first-order valence-corrected chi connectivity index (χ1v) is 9.73. The summed E-state index contributed by atoms with van der Waals surface area (Å²) in [5, 5.41) is 8.76. The quantitative estimate of drug-likeness (QED) is 0.431. The fourth-order valence-corrected chi connectivity index (χ4v) is 2.90. The third-order valence-corrected chi connectivity index (χ3v) is 4.54.